The highest BCUT2D eigenvalue weighted by atomic mass is 32.2. The van der Waals surface area contributed by atoms with E-state index in [9.17, 15) is 23.3 Å². The van der Waals surface area contributed by atoms with Crippen LogP contribution < -0.4 is 10.6 Å². The second-order valence-corrected chi connectivity index (χ2v) is 8.00. The predicted octanol–water partition coefficient (Wildman–Crippen LogP) is -0.763. The first-order chi connectivity index (χ1) is 12.3. The largest absolute Gasteiger partial charge is 0.354 e. The van der Waals surface area contributed by atoms with E-state index in [2.05, 4.69) is 15.5 Å². The number of nitro benzene ring substituents is 1. The van der Waals surface area contributed by atoms with Crippen molar-refractivity contribution in [3.63, 3.8) is 0 Å². The van der Waals surface area contributed by atoms with E-state index in [1.165, 1.54) is 25.2 Å². The average molecular weight is 385 g/mol. The molecule has 1 heterocycles. The molecule has 144 valence electrons. The molecule has 1 saturated heterocycles. The van der Waals surface area contributed by atoms with Gasteiger partial charge in [0.15, 0.2) is 0 Å². The molecule has 1 amide bonds. The van der Waals surface area contributed by atoms with Crippen molar-refractivity contribution in [2.75, 3.05) is 52.9 Å². The summed E-state index contributed by atoms with van der Waals surface area (Å²) in [5.41, 5.74) is -0.319. The van der Waals surface area contributed by atoms with Gasteiger partial charge in [-0.25, -0.2) is 8.42 Å². The number of amides is 1. The molecule has 0 aliphatic carbocycles. The van der Waals surface area contributed by atoms with E-state index in [0.29, 0.717) is 13.1 Å². The SMILES string of the molecule is CN(CC(=O)NCCN1CCNCC1)S(=O)(=O)c1cccc([N+](=O)[O-])c1. The molecule has 2 N–H and O–H groups in total. The fraction of sp³-hybridized carbons (Fsp3) is 0.533. The van der Waals surface area contributed by atoms with E-state index in [0.717, 1.165) is 36.6 Å². The highest BCUT2D eigenvalue weighted by Gasteiger charge is 2.24. The lowest BCUT2D eigenvalue weighted by molar-refractivity contribution is -0.385. The zero-order valence-corrected chi connectivity index (χ0v) is 15.4. The van der Waals surface area contributed by atoms with Crippen LogP contribution in [0, 0.1) is 10.1 Å². The number of nitrogens with one attached hydrogen (secondary N) is 2. The lowest BCUT2D eigenvalue weighted by Gasteiger charge is -2.27. The monoisotopic (exact) mass is 385 g/mol. The third-order valence-corrected chi connectivity index (χ3v) is 5.86. The molecule has 11 heteroatoms. The number of nitrogens with zero attached hydrogens (tertiary/aromatic N) is 3. The van der Waals surface area contributed by atoms with Crippen LogP contribution in [0.4, 0.5) is 5.69 Å². The van der Waals surface area contributed by atoms with E-state index in [-0.39, 0.29) is 17.1 Å². The molecule has 0 bridgehead atoms. The van der Waals surface area contributed by atoms with Crippen LogP contribution in [0.25, 0.3) is 0 Å². The second-order valence-electron chi connectivity index (χ2n) is 5.96. The van der Waals surface area contributed by atoms with Crippen LogP contribution in [-0.4, -0.2) is 81.3 Å². The third-order valence-electron chi connectivity index (χ3n) is 4.06. The summed E-state index contributed by atoms with van der Waals surface area (Å²) in [7, 11) is -2.72. The van der Waals surface area contributed by atoms with Gasteiger partial charge in [0.25, 0.3) is 5.69 Å². The Balaban J connectivity index is 1.88. The number of carbonyl (C=O) groups is 1. The van der Waals surface area contributed by atoms with Gasteiger partial charge in [0.2, 0.25) is 15.9 Å². The van der Waals surface area contributed by atoms with E-state index >= 15 is 0 Å². The topological polar surface area (TPSA) is 125 Å². The van der Waals surface area contributed by atoms with Crippen molar-refractivity contribution in [3.05, 3.63) is 34.4 Å². The summed E-state index contributed by atoms with van der Waals surface area (Å²) in [4.78, 5) is 24.1. The number of likely N-dealkylation sites (N-methyl/N-ethyl adjacent to an activating group) is 1. The number of hydrogen-bond donors (Lipinski definition) is 2. The molecule has 10 nitrogen and oxygen atoms in total. The summed E-state index contributed by atoms with van der Waals surface area (Å²) in [5, 5.41) is 16.7. The van der Waals surface area contributed by atoms with Crippen LogP contribution in [0.3, 0.4) is 0 Å². The van der Waals surface area contributed by atoms with Crippen LogP contribution >= 0.6 is 0 Å². The first kappa shape index (κ1) is 20.2. The molecule has 0 atom stereocenters. The number of hydrogen-bond acceptors (Lipinski definition) is 7. The minimum absolute atomic E-state index is 0.220. The van der Waals surface area contributed by atoms with Crippen LogP contribution in [0.5, 0.6) is 0 Å². The minimum atomic E-state index is -3.99. The van der Waals surface area contributed by atoms with Gasteiger partial charge in [0.1, 0.15) is 0 Å². The van der Waals surface area contributed by atoms with Crippen LogP contribution in [0.1, 0.15) is 0 Å². The molecule has 26 heavy (non-hydrogen) atoms. The third kappa shape index (κ3) is 5.46. The smallest absolute Gasteiger partial charge is 0.270 e. The maximum atomic E-state index is 12.5. The summed E-state index contributed by atoms with van der Waals surface area (Å²) in [6.07, 6.45) is 0. The van der Waals surface area contributed by atoms with Gasteiger partial charge in [-0.2, -0.15) is 4.31 Å². The fourth-order valence-electron chi connectivity index (χ4n) is 2.57. The second kappa shape index (κ2) is 9.03. The van der Waals surface area contributed by atoms with E-state index in [1.807, 2.05) is 0 Å². The van der Waals surface area contributed by atoms with Gasteiger partial charge in [-0.15, -0.1) is 0 Å². The molecule has 1 aromatic rings. The summed E-state index contributed by atoms with van der Waals surface area (Å²) >= 11 is 0. The molecular weight excluding hydrogens is 362 g/mol. The van der Waals surface area contributed by atoms with Crippen LogP contribution in [0.15, 0.2) is 29.2 Å². The number of benzene rings is 1. The number of sulfonamides is 1. The molecule has 1 aromatic carbocycles. The van der Waals surface area contributed by atoms with Gasteiger partial charge in [-0.3, -0.25) is 19.8 Å². The zero-order chi connectivity index (χ0) is 19.2. The molecule has 2 rings (SSSR count). The molecule has 1 aliphatic rings. The molecule has 0 saturated carbocycles. The van der Waals surface area contributed by atoms with Gasteiger partial charge in [-0.1, -0.05) is 6.07 Å². The standard InChI is InChI=1S/C15H23N5O5S/c1-18(12-15(21)17-7-10-19-8-5-16-6-9-19)26(24,25)14-4-2-3-13(11-14)20(22)23/h2-4,11,16H,5-10,12H2,1H3,(H,17,21). The van der Waals surface area contributed by atoms with Crippen molar-refractivity contribution >= 4 is 21.6 Å². The van der Waals surface area contributed by atoms with E-state index in [1.54, 1.807) is 0 Å². The zero-order valence-electron chi connectivity index (χ0n) is 14.6. The normalized spacial score (nSPS) is 15.8. The lowest BCUT2D eigenvalue weighted by Crippen LogP contribution is -2.47. The van der Waals surface area contributed by atoms with Gasteiger partial charge >= 0.3 is 0 Å². The Morgan fingerprint density at radius 2 is 2.08 bits per heavy atom. The molecule has 0 unspecified atom stereocenters. The summed E-state index contributed by atoms with van der Waals surface area (Å²) in [5.74, 6) is -0.420. The van der Waals surface area contributed by atoms with E-state index < -0.39 is 20.9 Å². The maximum Gasteiger partial charge on any atom is 0.270 e. The van der Waals surface area contributed by atoms with Gasteiger partial charge < -0.3 is 10.6 Å². The highest BCUT2D eigenvalue weighted by molar-refractivity contribution is 7.89. The molecule has 1 aliphatic heterocycles. The van der Waals surface area contributed by atoms with Crippen molar-refractivity contribution in [1.29, 1.82) is 0 Å². The van der Waals surface area contributed by atoms with Crippen molar-refractivity contribution in [2.45, 2.75) is 4.90 Å². The number of carbonyl (C=O) groups excluding carboxylic acids is 1. The molecular formula is C15H23N5O5S. The van der Waals surface area contributed by atoms with Crippen molar-refractivity contribution in [2.24, 2.45) is 0 Å². The Labute approximate surface area is 152 Å². The number of piperazine rings is 1. The summed E-state index contributed by atoms with van der Waals surface area (Å²) in [6.45, 7) is 4.44. The van der Waals surface area contributed by atoms with Crippen molar-refractivity contribution < 1.29 is 18.1 Å². The van der Waals surface area contributed by atoms with Crippen LogP contribution in [0.2, 0.25) is 0 Å². The quantitative estimate of drug-likeness (QED) is 0.445. The Hall–Kier alpha value is -2.08. The fourth-order valence-corrected chi connectivity index (χ4v) is 3.74. The van der Waals surface area contributed by atoms with Gasteiger partial charge in [0.05, 0.1) is 16.4 Å². The Bertz CT molecular complexity index is 749. The Morgan fingerprint density at radius 1 is 1.38 bits per heavy atom. The average Bonchev–Trinajstić information content (AvgIpc) is 2.62. The molecule has 0 radical (unpaired) electrons. The first-order valence-electron chi connectivity index (χ1n) is 8.21. The highest BCUT2D eigenvalue weighted by Crippen LogP contribution is 2.19. The van der Waals surface area contributed by atoms with Gasteiger partial charge in [-0.05, 0) is 6.07 Å². The minimum Gasteiger partial charge on any atom is -0.354 e. The van der Waals surface area contributed by atoms with Gasteiger partial charge in [0, 0.05) is 58.4 Å². The van der Waals surface area contributed by atoms with E-state index in [4.69, 9.17) is 0 Å². The number of nitro groups is 1. The summed E-state index contributed by atoms with van der Waals surface area (Å²) < 4.78 is 25.8. The molecule has 1 fully saturated rings. The number of non-ortho nitro benzene ring substituents is 1. The molecule has 0 spiro atoms. The van der Waals surface area contributed by atoms with Crippen molar-refractivity contribution in [3.8, 4) is 0 Å². The first-order valence-corrected chi connectivity index (χ1v) is 9.65. The van der Waals surface area contributed by atoms with Crippen molar-refractivity contribution in [1.82, 2.24) is 19.8 Å². The summed E-state index contributed by atoms with van der Waals surface area (Å²) in [6, 6.07) is 4.75. The maximum absolute atomic E-state index is 12.5. The Morgan fingerprint density at radius 3 is 2.73 bits per heavy atom. The van der Waals surface area contributed by atoms with Crippen LogP contribution in [-0.2, 0) is 14.8 Å². The molecule has 0 aromatic heterocycles. The Kier molecular flexibility index (Phi) is 7.03. The lowest BCUT2D eigenvalue weighted by atomic mass is 10.3. The number of rotatable bonds is 8. The predicted molar refractivity (Wildman–Crippen MR) is 95.2 cm³/mol.